The highest BCUT2D eigenvalue weighted by Crippen LogP contribution is 2.33. The molecule has 0 fully saturated rings. The number of nitrogens with zero attached hydrogens (tertiary/aromatic N) is 1. The summed E-state index contributed by atoms with van der Waals surface area (Å²) in [5.41, 5.74) is 0.573. The van der Waals surface area contributed by atoms with Crippen molar-refractivity contribution in [2.24, 2.45) is 0 Å². The molecule has 1 aromatic carbocycles. The van der Waals surface area contributed by atoms with Gasteiger partial charge in [0.25, 0.3) is 11.5 Å². The fraction of sp³-hybridized carbons (Fsp3) is 0.263. The summed E-state index contributed by atoms with van der Waals surface area (Å²) in [6.07, 6.45) is 3.88. The van der Waals surface area contributed by atoms with E-state index in [9.17, 15) is 14.0 Å². The van der Waals surface area contributed by atoms with Crippen LogP contribution in [-0.4, -0.2) is 28.4 Å². The highest BCUT2D eigenvalue weighted by molar-refractivity contribution is 6.32. The van der Waals surface area contributed by atoms with Gasteiger partial charge >= 0.3 is 0 Å². The van der Waals surface area contributed by atoms with E-state index >= 15 is 0 Å². The second-order valence-electron chi connectivity index (χ2n) is 6.24. The molecule has 0 bridgehead atoms. The van der Waals surface area contributed by atoms with Crippen molar-refractivity contribution in [1.82, 2.24) is 14.7 Å². The van der Waals surface area contributed by atoms with Crippen LogP contribution in [0.5, 0.6) is 5.75 Å². The highest BCUT2D eigenvalue weighted by atomic mass is 35.5. The molecule has 0 aliphatic rings. The first-order valence-electron chi connectivity index (χ1n) is 8.44. The molecule has 3 rings (SSSR count). The lowest BCUT2D eigenvalue weighted by Gasteiger charge is -2.10. The molecule has 0 aliphatic carbocycles. The zero-order valence-corrected chi connectivity index (χ0v) is 15.9. The number of nitrogens with one attached hydrogen (secondary N) is 2. The molecule has 2 aromatic heterocycles. The molecule has 0 aliphatic heterocycles. The van der Waals surface area contributed by atoms with Crippen molar-refractivity contribution in [3.63, 3.8) is 0 Å². The van der Waals surface area contributed by atoms with Gasteiger partial charge in [-0.1, -0.05) is 18.5 Å². The van der Waals surface area contributed by atoms with E-state index in [1.165, 1.54) is 35.9 Å². The molecule has 0 unspecified atom stereocenters. The zero-order valence-electron chi connectivity index (χ0n) is 15.1. The number of fused-ring (bicyclic) bond motifs is 1. The van der Waals surface area contributed by atoms with E-state index in [-0.39, 0.29) is 39.5 Å². The Bertz CT molecular complexity index is 1070. The maximum absolute atomic E-state index is 14.7. The SMILES string of the molecule is CC[C@@H](C)NC(=O)c1cc2c(=O)[nH]c(-c3ccc(Cl)c(OC)c3F)cn2c1. The van der Waals surface area contributed by atoms with Gasteiger partial charge in [0, 0.05) is 24.0 Å². The second kappa shape index (κ2) is 7.44. The standard InChI is InChI=1S/C19H19ClFN3O3/c1-4-10(2)22-18(25)11-7-15-19(26)23-14(9-24(15)8-11)12-5-6-13(20)17(27-3)16(12)21/h5-10H,4H2,1-3H3,(H,22,25)(H,23,26)/t10-/m1/s1. The number of amides is 1. The molecule has 2 N–H and O–H groups in total. The van der Waals surface area contributed by atoms with Crippen molar-refractivity contribution in [3.8, 4) is 17.0 Å². The van der Waals surface area contributed by atoms with Crippen molar-refractivity contribution in [3.05, 3.63) is 57.3 Å². The van der Waals surface area contributed by atoms with Crippen molar-refractivity contribution in [1.29, 1.82) is 0 Å². The highest BCUT2D eigenvalue weighted by Gasteiger charge is 2.17. The number of rotatable bonds is 5. The minimum absolute atomic E-state index is 0.0185. The number of methoxy groups -OCH3 is 1. The molecule has 8 heteroatoms. The van der Waals surface area contributed by atoms with Crippen LogP contribution in [0, 0.1) is 5.82 Å². The molecule has 1 amide bonds. The predicted octanol–water partition coefficient (Wildman–Crippen LogP) is 3.62. The normalized spacial score (nSPS) is 12.2. The van der Waals surface area contributed by atoms with Gasteiger partial charge in [0.15, 0.2) is 11.6 Å². The number of ether oxygens (including phenoxy) is 1. The van der Waals surface area contributed by atoms with Crippen LogP contribution in [0.4, 0.5) is 4.39 Å². The number of carbonyl (C=O) groups excluding carboxylic acids is 1. The lowest BCUT2D eigenvalue weighted by atomic mass is 10.1. The van der Waals surface area contributed by atoms with Gasteiger partial charge in [0.2, 0.25) is 0 Å². The number of carbonyl (C=O) groups is 1. The zero-order chi connectivity index (χ0) is 19.7. The molecule has 0 spiro atoms. The predicted molar refractivity (Wildman–Crippen MR) is 102 cm³/mol. The van der Waals surface area contributed by atoms with Crippen LogP contribution in [0.1, 0.15) is 30.6 Å². The Labute approximate surface area is 159 Å². The van der Waals surface area contributed by atoms with E-state index in [1.807, 2.05) is 13.8 Å². The summed E-state index contributed by atoms with van der Waals surface area (Å²) >= 11 is 5.92. The van der Waals surface area contributed by atoms with Crippen LogP contribution < -0.4 is 15.6 Å². The lowest BCUT2D eigenvalue weighted by Crippen LogP contribution is -2.31. The van der Waals surface area contributed by atoms with Crippen molar-refractivity contribution >= 4 is 23.0 Å². The average Bonchev–Trinajstić information content (AvgIpc) is 3.07. The monoisotopic (exact) mass is 391 g/mol. The minimum Gasteiger partial charge on any atom is -0.492 e. The molecule has 2 heterocycles. The molecule has 0 saturated heterocycles. The maximum Gasteiger partial charge on any atom is 0.272 e. The molecule has 142 valence electrons. The number of aromatic amines is 1. The van der Waals surface area contributed by atoms with E-state index in [0.29, 0.717) is 5.56 Å². The molecular formula is C19H19ClFN3O3. The van der Waals surface area contributed by atoms with Crippen molar-refractivity contribution < 1.29 is 13.9 Å². The van der Waals surface area contributed by atoms with E-state index in [1.54, 1.807) is 6.20 Å². The number of hydrogen-bond donors (Lipinski definition) is 2. The van der Waals surface area contributed by atoms with Gasteiger partial charge in [-0.3, -0.25) is 9.59 Å². The topological polar surface area (TPSA) is 75.6 Å². The second-order valence-corrected chi connectivity index (χ2v) is 6.65. The Morgan fingerprint density at radius 3 is 2.81 bits per heavy atom. The maximum atomic E-state index is 14.7. The summed E-state index contributed by atoms with van der Waals surface area (Å²) in [4.78, 5) is 27.4. The van der Waals surface area contributed by atoms with Gasteiger partial charge in [0.1, 0.15) is 5.52 Å². The van der Waals surface area contributed by atoms with Crippen LogP contribution in [0.2, 0.25) is 5.02 Å². The fourth-order valence-electron chi connectivity index (χ4n) is 2.72. The lowest BCUT2D eigenvalue weighted by molar-refractivity contribution is 0.0939. The number of hydrogen-bond acceptors (Lipinski definition) is 3. The summed E-state index contributed by atoms with van der Waals surface area (Å²) in [6, 6.07) is 4.46. The van der Waals surface area contributed by atoms with Crippen LogP contribution in [0.15, 0.2) is 35.4 Å². The van der Waals surface area contributed by atoms with Gasteiger partial charge in [-0.15, -0.1) is 0 Å². The Morgan fingerprint density at radius 1 is 1.41 bits per heavy atom. The van der Waals surface area contributed by atoms with E-state index in [4.69, 9.17) is 16.3 Å². The molecule has 27 heavy (non-hydrogen) atoms. The van der Waals surface area contributed by atoms with Crippen molar-refractivity contribution in [2.45, 2.75) is 26.3 Å². The first kappa shape index (κ1) is 19.0. The Morgan fingerprint density at radius 2 is 2.15 bits per heavy atom. The molecular weight excluding hydrogens is 373 g/mol. The smallest absolute Gasteiger partial charge is 0.272 e. The van der Waals surface area contributed by atoms with Gasteiger partial charge in [-0.25, -0.2) is 4.39 Å². The van der Waals surface area contributed by atoms with Gasteiger partial charge in [-0.2, -0.15) is 0 Å². The summed E-state index contributed by atoms with van der Waals surface area (Å²) in [5.74, 6) is -1.05. The van der Waals surface area contributed by atoms with Crippen LogP contribution in [0.25, 0.3) is 16.8 Å². The van der Waals surface area contributed by atoms with Gasteiger partial charge in [-0.05, 0) is 31.5 Å². The average molecular weight is 392 g/mol. The molecule has 3 aromatic rings. The molecule has 0 radical (unpaired) electrons. The van der Waals surface area contributed by atoms with Crippen LogP contribution in [-0.2, 0) is 0 Å². The Kier molecular flexibility index (Phi) is 5.23. The molecule has 0 saturated carbocycles. The number of H-pyrrole nitrogens is 1. The summed E-state index contributed by atoms with van der Waals surface area (Å²) in [6.45, 7) is 3.86. The number of aromatic nitrogens is 2. The van der Waals surface area contributed by atoms with Gasteiger partial charge < -0.3 is 19.4 Å². The first-order chi connectivity index (χ1) is 12.8. The third-order valence-corrected chi connectivity index (χ3v) is 4.69. The number of benzene rings is 1. The molecule has 6 nitrogen and oxygen atoms in total. The van der Waals surface area contributed by atoms with E-state index in [0.717, 1.165) is 6.42 Å². The summed E-state index contributed by atoms with van der Waals surface area (Å²) in [5, 5.41) is 2.98. The van der Waals surface area contributed by atoms with E-state index < -0.39 is 11.4 Å². The van der Waals surface area contributed by atoms with E-state index in [2.05, 4.69) is 10.3 Å². The summed E-state index contributed by atoms with van der Waals surface area (Å²) < 4.78 is 21.1. The third kappa shape index (κ3) is 3.55. The van der Waals surface area contributed by atoms with Crippen LogP contribution in [0.3, 0.4) is 0 Å². The van der Waals surface area contributed by atoms with Crippen molar-refractivity contribution in [2.75, 3.05) is 7.11 Å². The molecule has 1 atom stereocenters. The Hall–Kier alpha value is -2.80. The fourth-order valence-corrected chi connectivity index (χ4v) is 2.95. The largest absolute Gasteiger partial charge is 0.492 e. The quantitative estimate of drug-likeness (QED) is 0.697. The Balaban J connectivity index is 2.08. The first-order valence-corrected chi connectivity index (χ1v) is 8.81. The summed E-state index contributed by atoms with van der Waals surface area (Å²) in [7, 11) is 1.31. The van der Waals surface area contributed by atoms with Gasteiger partial charge in [0.05, 0.1) is 23.4 Å². The van der Waals surface area contributed by atoms with Crippen LogP contribution >= 0.6 is 11.6 Å². The minimum atomic E-state index is -0.679. The number of halogens is 2. The third-order valence-electron chi connectivity index (χ3n) is 4.39.